The van der Waals surface area contributed by atoms with E-state index in [9.17, 15) is 4.79 Å². The molecule has 0 amide bonds. The lowest BCUT2D eigenvalue weighted by molar-refractivity contribution is 0.0527. The molecule has 1 aromatic carbocycles. The third kappa shape index (κ3) is 3.49. The summed E-state index contributed by atoms with van der Waals surface area (Å²) in [6.07, 6.45) is 3.11. The fourth-order valence-electron chi connectivity index (χ4n) is 2.41. The number of anilines is 2. The van der Waals surface area contributed by atoms with Gasteiger partial charge in [-0.2, -0.15) is 0 Å². The van der Waals surface area contributed by atoms with Crippen LogP contribution in [-0.2, 0) is 4.74 Å². The van der Waals surface area contributed by atoms with Crippen LogP contribution in [0.4, 0.5) is 11.5 Å². The molecule has 0 unspecified atom stereocenters. The molecule has 0 atom stereocenters. The molecule has 0 saturated heterocycles. The van der Waals surface area contributed by atoms with Gasteiger partial charge in [0.1, 0.15) is 5.56 Å². The van der Waals surface area contributed by atoms with Crippen molar-refractivity contribution < 1.29 is 9.53 Å². The molecular formula is C18H20N6O2. The molecule has 2 heterocycles. The predicted molar refractivity (Wildman–Crippen MR) is 99.3 cm³/mol. The zero-order valence-corrected chi connectivity index (χ0v) is 14.9. The summed E-state index contributed by atoms with van der Waals surface area (Å²) in [7, 11) is 3.97. The molecule has 0 aliphatic carbocycles. The van der Waals surface area contributed by atoms with Gasteiger partial charge in [-0.25, -0.2) is 19.4 Å². The number of hydrogen-bond acceptors (Lipinski definition) is 7. The molecule has 2 N–H and O–H groups in total. The van der Waals surface area contributed by atoms with Crippen molar-refractivity contribution in [3.63, 3.8) is 0 Å². The zero-order valence-electron chi connectivity index (χ0n) is 14.9. The van der Waals surface area contributed by atoms with Gasteiger partial charge < -0.3 is 15.4 Å². The van der Waals surface area contributed by atoms with Crippen LogP contribution in [0, 0.1) is 0 Å². The lowest BCUT2D eigenvalue weighted by Gasteiger charge is -2.12. The van der Waals surface area contributed by atoms with E-state index in [0.29, 0.717) is 5.95 Å². The highest BCUT2D eigenvalue weighted by molar-refractivity contribution is 5.94. The Morgan fingerprint density at radius 1 is 1.23 bits per heavy atom. The number of nitrogen functional groups attached to an aromatic ring is 1. The van der Waals surface area contributed by atoms with Gasteiger partial charge >= 0.3 is 5.97 Å². The first kappa shape index (κ1) is 17.4. The lowest BCUT2D eigenvalue weighted by atomic mass is 10.1. The summed E-state index contributed by atoms with van der Waals surface area (Å²) in [6, 6.07) is 9.82. The van der Waals surface area contributed by atoms with E-state index in [1.165, 1.54) is 10.9 Å². The first-order valence-corrected chi connectivity index (χ1v) is 8.13. The average molecular weight is 352 g/mol. The van der Waals surface area contributed by atoms with E-state index in [2.05, 4.69) is 15.1 Å². The van der Waals surface area contributed by atoms with E-state index in [-0.39, 0.29) is 18.0 Å². The highest BCUT2D eigenvalue weighted by atomic mass is 16.5. The number of nitrogens with zero attached hydrogens (tertiary/aromatic N) is 5. The minimum Gasteiger partial charge on any atom is -0.462 e. The molecule has 3 rings (SSSR count). The molecule has 0 spiro atoms. The SMILES string of the molecule is CCOC(=O)c1cn(-c2nccc(-c3ccc(N(C)C)cc3)n2)nc1N. The number of nitrogens with two attached hydrogens (primary N) is 1. The highest BCUT2D eigenvalue weighted by Crippen LogP contribution is 2.21. The van der Waals surface area contributed by atoms with Gasteiger partial charge in [0, 0.05) is 31.5 Å². The van der Waals surface area contributed by atoms with Crippen molar-refractivity contribution in [2.75, 3.05) is 31.3 Å². The van der Waals surface area contributed by atoms with Gasteiger partial charge in [-0.05, 0) is 25.1 Å². The van der Waals surface area contributed by atoms with Crippen molar-refractivity contribution in [2.45, 2.75) is 6.92 Å². The zero-order chi connectivity index (χ0) is 18.7. The van der Waals surface area contributed by atoms with Gasteiger partial charge in [-0.3, -0.25) is 0 Å². The van der Waals surface area contributed by atoms with E-state index < -0.39 is 5.97 Å². The third-order valence-corrected chi connectivity index (χ3v) is 3.77. The molecule has 0 aliphatic heterocycles. The van der Waals surface area contributed by atoms with Crippen molar-refractivity contribution in [1.82, 2.24) is 19.7 Å². The maximum atomic E-state index is 11.9. The first-order valence-electron chi connectivity index (χ1n) is 8.13. The fraction of sp³-hybridized carbons (Fsp3) is 0.222. The number of rotatable bonds is 5. The fourth-order valence-corrected chi connectivity index (χ4v) is 2.41. The number of hydrogen-bond donors (Lipinski definition) is 1. The van der Waals surface area contributed by atoms with Crippen LogP contribution < -0.4 is 10.6 Å². The van der Waals surface area contributed by atoms with Crippen LogP contribution in [-0.4, -0.2) is 46.4 Å². The summed E-state index contributed by atoms with van der Waals surface area (Å²) >= 11 is 0. The number of esters is 1. The standard InChI is InChI=1S/C18H20N6O2/c1-4-26-17(25)14-11-24(22-16(14)19)18-20-10-9-15(21-18)12-5-7-13(8-6-12)23(2)3/h5-11H,4H2,1-3H3,(H2,19,22). The Balaban J connectivity index is 1.92. The smallest absolute Gasteiger partial charge is 0.343 e. The molecule has 0 bridgehead atoms. The predicted octanol–water partition coefficient (Wildman–Crippen LogP) is 2.15. The van der Waals surface area contributed by atoms with Gasteiger partial charge in [-0.1, -0.05) is 12.1 Å². The van der Waals surface area contributed by atoms with Gasteiger partial charge in [-0.15, -0.1) is 5.10 Å². The Labute approximate surface area is 151 Å². The number of aromatic nitrogens is 4. The molecule has 0 radical (unpaired) electrons. The molecular weight excluding hydrogens is 332 g/mol. The molecule has 0 saturated carbocycles. The van der Waals surface area contributed by atoms with E-state index in [1.54, 1.807) is 13.1 Å². The molecule has 26 heavy (non-hydrogen) atoms. The van der Waals surface area contributed by atoms with Crippen molar-refractivity contribution in [2.24, 2.45) is 0 Å². The van der Waals surface area contributed by atoms with Crippen LogP contribution in [0.25, 0.3) is 17.2 Å². The summed E-state index contributed by atoms with van der Waals surface area (Å²) < 4.78 is 6.34. The number of carbonyl (C=O) groups excluding carboxylic acids is 1. The maximum Gasteiger partial charge on any atom is 0.343 e. The average Bonchev–Trinajstić information content (AvgIpc) is 3.04. The van der Waals surface area contributed by atoms with Crippen LogP contribution >= 0.6 is 0 Å². The summed E-state index contributed by atoms with van der Waals surface area (Å²) in [6.45, 7) is 1.99. The Kier molecular flexibility index (Phi) is 4.83. The Hall–Kier alpha value is -3.42. The van der Waals surface area contributed by atoms with Crippen LogP contribution in [0.2, 0.25) is 0 Å². The van der Waals surface area contributed by atoms with E-state index in [4.69, 9.17) is 10.5 Å². The summed E-state index contributed by atoms with van der Waals surface area (Å²) in [5.74, 6) is -0.124. The number of benzene rings is 1. The quantitative estimate of drug-likeness (QED) is 0.702. The third-order valence-electron chi connectivity index (χ3n) is 3.77. The normalized spacial score (nSPS) is 10.6. The topological polar surface area (TPSA) is 99.2 Å². The molecule has 8 nitrogen and oxygen atoms in total. The lowest BCUT2D eigenvalue weighted by Crippen LogP contribution is -2.08. The summed E-state index contributed by atoms with van der Waals surface area (Å²) in [5, 5.41) is 4.12. The van der Waals surface area contributed by atoms with Crippen LogP contribution in [0.3, 0.4) is 0 Å². The minimum atomic E-state index is -0.522. The maximum absolute atomic E-state index is 11.9. The molecule has 134 valence electrons. The Morgan fingerprint density at radius 3 is 2.62 bits per heavy atom. The van der Waals surface area contributed by atoms with Gasteiger partial charge in [0.05, 0.1) is 18.5 Å². The molecule has 0 fully saturated rings. The largest absolute Gasteiger partial charge is 0.462 e. The Morgan fingerprint density at radius 2 is 1.96 bits per heavy atom. The molecule has 0 aliphatic rings. The molecule has 3 aromatic rings. The van der Waals surface area contributed by atoms with Crippen molar-refractivity contribution in [3.05, 3.63) is 48.3 Å². The second-order valence-electron chi connectivity index (χ2n) is 5.78. The number of carbonyl (C=O) groups is 1. The van der Waals surface area contributed by atoms with Gasteiger partial charge in [0.25, 0.3) is 5.95 Å². The van der Waals surface area contributed by atoms with Crippen LogP contribution in [0.1, 0.15) is 17.3 Å². The molecule has 2 aromatic heterocycles. The monoisotopic (exact) mass is 352 g/mol. The minimum absolute atomic E-state index is 0.0767. The molecule has 8 heteroatoms. The van der Waals surface area contributed by atoms with Gasteiger partial charge in [0.15, 0.2) is 5.82 Å². The van der Waals surface area contributed by atoms with Gasteiger partial charge in [0.2, 0.25) is 0 Å². The second kappa shape index (κ2) is 7.22. The van der Waals surface area contributed by atoms with E-state index >= 15 is 0 Å². The van der Waals surface area contributed by atoms with E-state index in [1.807, 2.05) is 49.3 Å². The first-order chi connectivity index (χ1) is 12.5. The summed E-state index contributed by atoms with van der Waals surface area (Å²) in [5.41, 5.74) is 8.79. The van der Waals surface area contributed by atoms with Crippen molar-refractivity contribution in [1.29, 1.82) is 0 Å². The van der Waals surface area contributed by atoms with Crippen molar-refractivity contribution in [3.8, 4) is 17.2 Å². The highest BCUT2D eigenvalue weighted by Gasteiger charge is 2.17. The van der Waals surface area contributed by atoms with Crippen molar-refractivity contribution >= 4 is 17.5 Å². The summed E-state index contributed by atoms with van der Waals surface area (Å²) in [4.78, 5) is 22.6. The van der Waals surface area contributed by atoms with Crippen LogP contribution in [0.5, 0.6) is 0 Å². The van der Waals surface area contributed by atoms with E-state index in [0.717, 1.165) is 16.9 Å². The second-order valence-corrected chi connectivity index (χ2v) is 5.78. The number of ether oxygens (including phenoxy) is 1. The Bertz CT molecular complexity index is 918. The van der Waals surface area contributed by atoms with Crippen LogP contribution in [0.15, 0.2) is 42.7 Å².